The molecule has 4 heterocycles. The van der Waals surface area contributed by atoms with Crippen molar-refractivity contribution in [1.82, 2.24) is 19.8 Å². The molecule has 32 heavy (non-hydrogen) atoms. The first kappa shape index (κ1) is 21.2. The fourth-order valence-corrected chi connectivity index (χ4v) is 5.20. The van der Waals surface area contributed by atoms with Crippen LogP contribution in [0.25, 0.3) is 0 Å². The van der Waals surface area contributed by atoms with Gasteiger partial charge in [0.25, 0.3) is 0 Å². The van der Waals surface area contributed by atoms with Gasteiger partial charge >= 0.3 is 11.8 Å². The van der Waals surface area contributed by atoms with Crippen LogP contribution < -0.4 is 14.8 Å². The van der Waals surface area contributed by atoms with Gasteiger partial charge in [-0.3, -0.25) is 9.47 Å². The highest BCUT2D eigenvalue weighted by Crippen LogP contribution is 2.35. The summed E-state index contributed by atoms with van der Waals surface area (Å²) >= 11 is 0. The molecule has 2 atom stereocenters. The van der Waals surface area contributed by atoms with E-state index in [1.165, 1.54) is 50.4 Å². The van der Waals surface area contributed by atoms with E-state index in [1.54, 1.807) is 4.57 Å². The molecule has 9 nitrogen and oxygen atoms in total. The van der Waals surface area contributed by atoms with Crippen LogP contribution in [0.15, 0.2) is 30.5 Å². The SMILES string of the molecule is O=[N+]([O-])c1cn2c(n1)O[C@@H](COc1ccc(C3CCCCN3C3CCNCC3)cc1)CC2. The Bertz CT molecular complexity index is 925. The number of piperidine rings is 2. The van der Waals surface area contributed by atoms with Crippen molar-refractivity contribution in [3.05, 3.63) is 46.1 Å². The third-order valence-corrected chi connectivity index (χ3v) is 6.90. The zero-order valence-corrected chi connectivity index (χ0v) is 18.3. The van der Waals surface area contributed by atoms with E-state index in [0.717, 1.165) is 25.3 Å². The summed E-state index contributed by atoms with van der Waals surface area (Å²) in [5.74, 6) is 0.639. The highest BCUT2D eigenvalue weighted by Gasteiger charge is 2.31. The average molecular weight is 442 g/mol. The number of aromatic nitrogens is 2. The molecule has 3 aliphatic rings. The average Bonchev–Trinajstić information content (AvgIpc) is 3.28. The number of aryl methyl sites for hydroxylation is 1. The molecule has 0 bridgehead atoms. The molecular formula is C23H31N5O4. The van der Waals surface area contributed by atoms with Crippen molar-refractivity contribution in [1.29, 1.82) is 0 Å². The molecule has 172 valence electrons. The van der Waals surface area contributed by atoms with Gasteiger partial charge in [-0.15, -0.1) is 0 Å². The van der Waals surface area contributed by atoms with Gasteiger partial charge in [0.2, 0.25) is 0 Å². The molecule has 0 radical (unpaired) electrons. The van der Waals surface area contributed by atoms with Crippen LogP contribution in [-0.4, -0.2) is 57.8 Å². The van der Waals surface area contributed by atoms with E-state index in [4.69, 9.17) is 9.47 Å². The molecule has 1 N–H and O–H groups in total. The van der Waals surface area contributed by atoms with Crippen LogP contribution >= 0.6 is 0 Å². The third-order valence-electron chi connectivity index (χ3n) is 6.90. The minimum absolute atomic E-state index is 0.169. The summed E-state index contributed by atoms with van der Waals surface area (Å²) in [5.41, 5.74) is 1.37. The molecule has 0 aliphatic carbocycles. The summed E-state index contributed by atoms with van der Waals surface area (Å²) in [6.07, 6.45) is 8.26. The van der Waals surface area contributed by atoms with E-state index in [-0.39, 0.29) is 11.9 Å². The molecule has 1 aromatic carbocycles. The number of likely N-dealkylation sites (tertiary alicyclic amines) is 1. The lowest BCUT2D eigenvalue weighted by molar-refractivity contribution is -0.389. The maximum absolute atomic E-state index is 10.9. The molecule has 1 unspecified atom stereocenters. The molecule has 3 aliphatic heterocycles. The molecule has 5 rings (SSSR count). The second kappa shape index (κ2) is 9.46. The number of ether oxygens (including phenoxy) is 2. The lowest BCUT2D eigenvalue weighted by Gasteiger charge is -2.43. The van der Waals surface area contributed by atoms with Crippen LogP contribution in [0, 0.1) is 10.1 Å². The number of hydrogen-bond acceptors (Lipinski definition) is 7. The Kier molecular flexibility index (Phi) is 6.27. The number of fused-ring (bicyclic) bond motifs is 1. The normalized spacial score (nSPS) is 24.5. The molecule has 0 saturated carbocycles. The number of imidazole rings is 1. The van der Waals surface area contributed by atoms with Gasteiger partial charge in [-0.1, -0.05) is 18.6 Å². The first-order valence-corrected chi connectivity index (χ1v) is 11.7. The number of hydrogen-bond donors (Lipinski definition) is 1. The summed E-state index contributed by atoms with van der Waals surface area (Å²) in [4.78, 5) is 17.1. The van der Waals surface area contributed by atoms with E-state index in [0.29, 0.717) is 31.2 Å². The van der Waals surface area contributed by atoms with Gasteiger partial charge in [-0.05, 0) is 67.9 Å². The Hall–Kier alpha value is -2.65. The second-order valence-corrected chi connectivity index (χ2v) is 8.97. The number of nitrogens with one attached hydrogen (secondary N) is 1. The Morgan fingerprint density at radius 2 is 1.94 bits per heavy atom. The van der Waals surface area contributed by atoms with Gasteiger partial charge in [0, 0.05) is 30.0 Å². The Morgan fingerprint density at radius 3 is 2.72 bits per heavy atom. The van der Waals surface area contributed by atoms with E-state index >= 15 is 0 Å². The van der Waals surface area contributed by atoms with Crippen LogP contribution in [0.5, 0.6) is 11.8 Å². The zero-order valence-electron chi connectivity index (χ0n) is 18.3. The van der Waals surface area contributed by atoms with Gasteiger partial charge in [0.15, 0.2) is 0 Å². The molecular weight excluding hydrogens is 410 g/mol. The quantitative estimate of drug-likeness (QED) is 0.543. The highest BCUT2D eigenvalue weighted by molar-refractivity contribution is 5.30. The third kappa shape index (κ3) is 4.59. The predicted octanol–water partition coefficient (Wildman–Crippen LogP) is 3.30. The van der Waals surface area contributed by atoms with E-state index < -0.39 is 4.92 Å². The van der Waals surface area contributed by atoms with Crippen molar-refractivity contribution >= 4 is 5.82 Å². The molecule has 2 fully saturated rings. The Balaban J connectivity index is 1.18. The summed E-state index contributed by atoms with van der Waals surface area (Å²) in [5, 5.41) is 14.4. The molecule has 0 spiro atoms. The monoisotopic (exact) mass is 441 g/mol. The van der Waals surface area contributed by atoms with Crippen molar-refractivity contribution in [3.63, 3.8) is 0 Å². The standard InChI is InChI=1S/C23H31N5O4/c29-28(30)22-15-26-14-10-20(32-23(26)25-22)16-31-19-6-4-17(5-7-19)21-3-1-2-13-27(21)18-8-11-24-12-9-18/h4-7,15,18,20-21,24H,1-3,8-14,16H2/t20-,21?/m1/s1. The summed E-state index contributed by atoms with van der Waals surface area (Å²) in [6, 6.07) is 10.00. The summed E-state index contributed by atoms with van der Waals surface area (Å²) in [7, 11) is 0. The van der Waals surface area contributed by atoms with Gasteiger partial charge in [-0.2, -0.15) is 0 Å². The number of nitro groups is 1. The van der Waals surface area contributed by atoms with Crippen LogP contribution in [0.4, 0.5) is 5.82 Å². The van der Waals surface area contributed by atoms with Crippen molar-refractivity contribution in [2.24, 2.45) is 0 Å². The maximum atomic E-state index is 10.9. The minimum atomic E-state index is -0.500. The van der Waals surface area contributed by atoms with Gasteiger partial charge in [0.1, 0.15) is 24.7 Å². The van der Waals surface area contributed by atoms with Gasteiger partial charge in [0.05, 0.1) is 0 Å². The first-order chi connectivity index (χ1) is 15.7. The van der Waals surface area contributed by atoms with Crippen LogP contribution in [-0.2, 0) is 6.54 Å². The molecule has 0 amide bonds. The van der Waals surface area contributed by atoms with Crippen molar-refractivity contribution < 1.29 is 14.4 Å². The van der Waals surface area contributed by atoms with Crippen molar-refractivity contribution in [2.75, 3.05) is 26.2 Å². The van der Waals surface area contributed by atoms with Crippen LogP contribution in [0.3, 0.4) is 0 Å². The summed E-state index contributed by atoms with van der Waals surface area (Å²) in [6.45, 7) is 4.47. The number of rotatable bonds is 6. The lowest BCUT2D eigenvalue weighted by Crippen LogP contribution is -2.46. The predicted molar refractivity (Wildman–Crippen MR) is 119 cm³/mol. The van der Waals surface area contributed by atoms with E-state index in [2.05, 4.69) is 39.5 Å². The van der Waals surface area contributed by atoms with Crippen molar-refractivity contribution in [2.45, 2.75) is 63.3 Å². The fraction of sp³-hybridized carbons (Fsp3) is 0.609. The summed E-state index contributed by atoms with van der Waals surface area (Å²) < 4.78 is 13.5. The largest absolute Gasteiger partial charge is 0.490 e. The minimum Gasteiger partial charge on any atom is -0.490 e. The molecule has 2 aromatic rings. The fourth-order valence-electron chi connectivity index (χ4n) is 5.20. The topological polar surface area (TPSA) is 94.7 Å². The van der Waals surface area contributed by atoms with Gasteiger partial charge < -0.3 is 24.9 Å². The van der Waals surface area contributed by atoms with Crippen LogP contribution in [0.1, 0.15) is 50.1 Å². The van der Waals surface area contributed by atoms with E-state index in [9.17, 15) is 10.1 Å². The molecule has 1 aromatic heterocycles. The smallest absolute Gasteiger partial charge is 0.414 e. The molecule has 9 heteroatoms. The zero-order chi connectivity index (χ0) is 21.9. The number of nitrogens with zero attached hydrogens (tertiary/aromatic N) is 4. The number of benzene rings is 1. The molecule has 2 saturated heterocycles. The van der Waals surface area contributed by atoms with Crippen molar-refractivity contribution in [3.8, 4) is 11.8 Å². The van der Waals surface area contributed by atoms with E-state index in [1.807, 2.05) is 0 Å². The lowest BCUT2D eigenvalue weighted by atomic mass is 9.91. The van der Waals surface area contributed by atoms with Gasteiger partial charge in [-0.25, -0.2) is 0 Å². The Labute approximate surface area is 187 Å². The maximum Gasteiger partial charge on any atom is 0.414 e. The highest BCUT2D eigenvalue weighted by atomic mass is 16.6. The second-order valence-electron chi connectivity index (χ2n) is 8.97. The Morgan fingerprint density at radius 1 is 1.12 bits per heavy atom. The first-order valence-electron chi connectivity index (χ1n) is 11.7. The van der Waals surface area contributed by atoms with Crippen LogP contribution in [0.2, 0.25) is 0 Å².